The summed E-state index contributed by atoms with van der Waals surface area (Å²) in [6.07, 6.45) is 4.53. The molecule has 4 N–H and O–H groups in total. The number of carbonyl (C=O) groups excluding carboxylic acids is 2. The molecule has 0 atom stereocenters. The molecule has 4 heterocycles. The molecule has 0 bridgehead atoms. The van der Waals surface area contributed by atoms with Crippen molar-refractivity contribution in [1.29, 1.82) is 0 Å². The Kier molecular flexibility index (Phi) is 12.5. The number of thiophene rings is 4. The molecule has 0 spiro atoms. The normalized spacial score (nSPS) is 11.0. The third-order valence-corrected chi connectivity index (χ3v) is 13.4. The van der Waals surface area contributed by atoms with Gasteiger partial charge in [-0.2, -0.15) is 0 Å². The first-order valence-corrected chi connectivity index (χ1v) is 20.1. The van der Waals surface area contributed by atoms with Gasteiger partial charge in [0.25, 0.3) is 11.8 Å². The first kappa shape index (κ1) is 36.9. The summed E-state index contributed by atoms with van der Waals surface area (Å²) in [6, 6.07) is 29.9. The minimum absolute atomic E-state index is 0.105. The van der Waals surface area contributed by atoms with Gasteiger partial charge in [-0.25, -0.2) is 9.59 Å². The summed E-state index contributed by atoms with van der Waals surface area (Å²) in [5.41, 5.74) is 3.22. The van der Waals surface area contributed by atoms with E-state index >= 15 is 0 Å². The van der Waals surface area contributed by atoms with Gasteiger partial charge in [0.2, 0.25) is 0 Å². The van der Waals surface area contributed by atoms with Gasteiger partial charge in [0.1, 0.15) is 9.75 Å². The van der Waals surface area contributed by atoms with Gasteiger partial charge < -0.3 is 20.8 Å². The second kappa shape index (κ2) is 17.6. The van der Waals surface area contributed by atoms with E-state index in [1.165, 1.54) is 22.7 Å². The highest BCUT2D eigenvalue weighted by Crippen LogP contribution is 2.45. The Morgan fingerprint density at radius 3 is 1.25 bits per heavy atom. The molecule has 0 aliphatic heterocycles. The average Bonchev–Trinajstić information content (AvgIpc) is 3.98. The summed E-state index contributed by atoms with van der Waals surface area (Å²) in [6.45, 7) is 1.07. The topological polar surface area (TPSA) is 133 Å². The predicted octanol–water partition coefficient (Wildman–Crippen LogP) is 9.84. The molecule has 0 saturated heterocycles. The van der Waals surface area contributed by atoms with Gasteiger partial charge in [-0.3, -0.25) is 9.59 Å². The van der Waals surface area contributed by atoms with Gasteiger partial charge in [0.05, 0.1) is 0 Å². The first-order valence-electron chi connectivity index (χ1n) is 16.9. The maximum atomic E-state index is 12.4. The Hall–Kier alpha value is -4.88. The van der Waals surface area contributed by atoms with Crippen molar-refractivity contribution in [2.75, 3.05) is 13.1 Å². The molecule has 0 radical (unpaired) electrons. The second-order valence-corrected chi connectivity index (χ2v) is 16.3. The summed E-state index contributed by atoms with van der Waals surface area (Å²) < 4.78 is 0. The fraction of sp³-hybridized carbons (Fsp3) is 0.200. The fourth-order valence-corrected chi connectivity index (χ4v) is 10.2. The molecule has 12 heteroatoms. The predicted molar refractivity (Wildman–Crippen MR) is 212 cm³/mol. The lowest BCUT2D eigenvalue weighted by molar-refractivity contribution is 0.0691. The fourth-order valence-electron chi connectivity index (χ4n) is 5.71. The minimum Gasteiger partial charge on any atom is -0.477 e. The molecule has 4 aromatic heterocycles. The molecule has 0 aliphatic carbocycles. The zero-order valence-corrected chi connectivity index (χ0v) is 31.3. The number of unbranched alkanes of at least 4 members (excludes halogenated alkanes) is 2. The van der Waals surface area contributed by atoms with Crippen LogP contribution >= 0.6 is 45.3 Å². The number of amides is 2. The van der Waals surface area contributed by atoms with Crippen molar-refractivity contribution in [1.82, 2.24) is 10.6 Å². The monoisotopic (exact) mass is 768 g/mol. The van der Waals surface area contributed by atoms with Crippen molar-refractivity contribution in [3.8, 4) is 29.3 Å². The molecule has 266 valence electrons. The highest BCUT2D eigenvalue weighted by atomic mass is 32.1. The number of hydrogen-bond donors (Lipinski definition) is 4. The molecule has 2 amide bonds. The number of carboxylic acid groups (broad SMARTS) is 2. The molecular formula is C40H36N2O6S4. The zero-order chi connectivity index (χ0) is 36.5. The van der Waals surface area contributed by atoms with Crippen molar-refractivity contribution in [2.45, 2.75) is 38.5 Å². The SMILES string of the molecule is O=C(NCCCCc1cc(C(=O)O)sc1-c1ccc(-c2ccc(-c3sc(C(=O)O)cc3CCCCNC(=O)c3ccccc3)s2)s1)c1ccccc1. The van der Waals surface area contributed by atoms with Crippen LogP contribution in [0.1, 0.15) is 76.9 Å². The maximum absolute atomic E-state index is 12.4. The van der Waals surface area contributed by atoms with Crippen LogP contribution in [0.4, 0.5) is 0 Å². The van der Waals surface area contributed by atoms with Gasteiger partial charge in [0, 0.05) is 53.5 Å². The molecule has 6 rings (SSSR count). The van der Waals surface area contributed by atoms with E-state index in [4.69, 9.17) is 0 Å². The van der Waals surface area contributed by atoms with E-state index in [2.05, 4.69) is 22.8 Å². The van der Waals surface area contributed by atoms with E-state index in [0.29, 0.717) is 46.8 Å². The molecule has 2 aromatic carbocycles. The molecule has 8 nitrogen and oxygen atoms in total. The molecule has 0 aliphatic rings. The third kappa shape index (κ3) is 9.31. The largest absolute Gasteiger partial charge is 0.477 e. The Balaban J connectivity index is 1.09. The highest BCUT2D eigenvalue weighted by molar-refractivity contribution is 7.29. The third-order valence-electron chi connectivity index (χ3n) is 8.33. The minimum atomic E-state index is -0.947. The number of carbonyl (C=O) groups is 4. The molecule has 52 heavy (non-hydrogen) atoms. The first-order chi connectivity index (χ1) is 25.3. The van der Waals surface area contributed by atoms with Gasteiger partial charge in [-0.15, -0.1) is 45.3 Å². The van der Waals surface area contributed by atoms with Gasteiger partial charge in [0.15, 0.2) is 0 Å². The van der Waals surface area contributed by atoms with Crippen molar-refractivity contribution >= 4 is 69.1 Å². The number of benzene rings is 2. The van der Waals surface area contributed by atoms with Crippen molar-refractivity contribution in [3.63, 3.8) is 0 Å². The van der Waals surface area contributed by atoms with Crippen LogP contribution < -0.4 is 10.6 Å². The second-order valence-electron chi connectivity index (χ2n) is 12.0. The van der Waals surface area contributed by atoms with Crippen LogP contribution in [-0.4, -0.2) is 47.1 Å². The molecule has 0 fully saturated rings. The number of rotatable bonds is 17. The molecule has 0 unspecified atom stereocenters. The number of hydrogen-bond acceptors (Lipinski definition) is 8. The smallest absolute Gasteiger partial charge is 0.345 e. The lowest BCUT2D eigenvalue weighted by Crippen LogP contribution is -2.24. The van der Waals surface area contributed by atoms with Crippen LogP contribution in [0.15, 0.2) is 97.1 Å². The summed E-state index contributed by atoms with van der Waals surface area (Å²) in [5.74, 6) is -2.10. The van der Waals surface area contributed by atoms with Crippen LogP contribution in [-0.2, 0) is 12.8 Å². The molecular weight excluding hydrogens is 733 g/mol. The Morgan fingerprint density at radius 2 is 0.865 bits per heavy atom. The summed E-state index contributed by atoms with van der Waals surface area (Å²) in [4.78, 5) is 55.1. The van der Waals surface area contributed by atoms with E-state index in [1.54, 1.807) is 59.1 Å². The summed E-state index contributed by atoms with van der Waals surface area (Å²) in [7, 11) is 0. The number of aromatic carboxylic acids is 2. The van der Waals surface area contributed by atoms with Crippen LogP contribution in [0.5, 0.6) is 0 Å². The quantitative estimate of drug-likeness (QED) is 0.0683. The van der Waals surface area contributed by atoms with Crippen LogP contribution in [0.2, 0.25) is 0 Å². The standard InChI is InChI=1S/C40H36N2O6S4/c43-37(25-11-3-1-4-12-25)41-21-9-7-15-27-23-33(39(45)46)51-35(27)31-19-17-29(49-31)30-18-20-32(50-30)36-28(24-34(52-36)40(47)48)16-8-10-22-42-38(44)26-13-5-2-6-14-26/h1-6,11-14,17-20,23-24H,7-10,15-16,21-22H2,(H,41,43)(H,42,44)(H,45,46)(H,47,48). The molecule has 6 aromatic rings. The van der Waals surface area contributed by atoms with Crippen LogP contribution in [0.3, 0.4) is 0 Å². The Bertz CT molecular complexity index is 2010. The highest BCUT2D eigenvalue weighted by Gasteiger charge is 2.20. The van der Waals surface area contributed by atoms with Crippen molar-refractivity contribution in [3.05, 3.63) is 129 Å². The van der Waals surface area contributed by atoms with Gasteiger partial charge in [-0.05, 0) is 110 Å². The maximum Gasteiger partial charge on any atom is 0.345 e. The zero-order valence-electron chi connectivity index (χ0n) is 28.1. The average molecular weight is 769 g/mol. The number of nitrogens with one attached hydrogen (secondary N) is 2. The van der Waals surface area contributed by atoms with Gasteiger partial charge >= 0.3 is 11.9 Å². The van der Waals surface area contributed by atoms with E-state index < -0.39 is 11.9 Å². The van der Waals surface area contributed by atoms with Gasteiger partial charge in [-0.1, -0.05) is 36.4 Å². The van der Waals surface area contributed by atoms with Crippen molar-refractivity contribution in [2.24, 2.45) is 0 Å². The summed E-state index contributed by atoms with van der Waals surface area (Å²) >= 11 is 5.79. The van der Waals surface area contributed by atoms with E-state index in [9.17, 15) is 29.4 Å². The number of aryl methyl sites for hydroxylation is 2. The number of carboxylic acids is 2. The molecule has 0 saturated carbocycles. The Morgan fingerprint density at radius 1 is 0.481 bits per heavy atom. The lowest BCUT2D eigenvalue weighted by atomic mass is 10.1. The van der Waals surface area contributed by atoms with E-state index in [0.717, 1.165) is 66.1 Å². The van der Waals surface area contributed by atoms with E-state index in [1.807, 2.05) is 48.5 Å². The Labute approximate surface area is 317 Å². The van der Waals surface area contributed by atoms with Crippen molar-refractivity contribution < 1.29 is 29.4 Å². The van der Waals surface area contributed by atoms with E-state index in [-0.39, 0.29) is 11.8 Å². The lowest BCUT2D eigenvalue weighted by Gasteiger charge is -2.06. The van der Waals surface area contributed by atoms with Crippen LogP contribution in [0.25, 0.3) is 29.3 Å². The van der Waals surface area contributed by atoms with Crippen LogP contribution in [0, 0.1) is 0 Å². The summed E-state index contributed by atoms with van der Waals surface area (Å²) in [5, 5.41) is 25.4.